The Kier molecular flexibility index (Phi) is 4.87. The molecule has 1 heterocycles. The molecule has 120 valence electrons. The summed E-state index contributed by atoms with van der Waals surface area (Å²) in [6, 6.07) is 19.4. The van der Waals surface area contributed by atoms with Gasteiger partial charge in [-0.2, -0.15) is 0 Å². The van der Waals surface area contributed by atoms with Gasteiger partial charge in [-0.1, -0.05) is 42.5 Å². The number of aromatic nitrogens is 1. The van der Waals surface area contributed by atoms with E-state index in [1.54, 1.807) is 12.3 Å². The van der Waals surface area contributed by atoms with Crippen LogP contribution in [0.1, 0.15) is 15.9 Å². The van der Waals surface area contributed by atoms with E-state index in [0.29, 0.717) is 18.1 Å². The first-order valence-corrected chi connectivity index (χ1v) is 7.57. The van der Waals surface area contributed by atoms with Gasteiger partial charge < -0.3 is 9.47 Å². The lowest BCUT2D eigenvalue weighted by Crippen LogP contribution is -1.97. The lowest BCUT2D eigenvalue weighted by molar-refractivity contribution is 0.112. The van der Waals surface area contributed by atoms with Gasteiger partial charge in [0, 0.05) is 6.20 Å². The third-order valence-electron chi connectivity index (χ3n) is 3.68. The molecular formula is C20H17NO3. The Bertz CT molecular complexity index is 814. The number of hydrogen-bond donors (Lipinski definition) is 0. The molecule has 0 aliphatic heterocycles. The van der Waals surface area contributed by atoms with Gasteiger partial charge >= 0.3 is 0 Å². The zero-order valence-electron chi connectivity index (χ0n) is 13.3. The molecule has 0 saturated heterocycles. The van der Waals surface area contributed by atoms with Crippen LogP contribution in [0.15, 0.2) is 66.9 Å². The molecule has 0 saturated carbocycles. The molecule has 3 aromatic rings. The molecule has 24 heavy (non-hydrogen) atoms. The largest absolute Gasteiger partial charge is 0.489 e. The standard InChI is InChI=1S/C20H17NO3/c1-23-20-19(13-22)18(11-12-21-20)16-7-9-17(10-8-16)24-14-15-5-3-2-4-6-15/h2-13H,14H2,1H3. The average molecular weight is 319 g/mol. The second-order valence-corrected chi connectivity index (χ2v) is 5.20. The predicted molar refractivity (Wildman–Crippen MR) is 92.4 cm³/mol. The zero-order chi connectivity index (χ0) is 16.8. The summed E-state index contributed by atoms with van der Waals surface area (Å²) in [7, 11) is 1.50. The molecular weight excluding hydrogens is 302 g/mol. The third kappa shape index (κ3) is 3.43. The molecule has 0 N–H and O–H groups in total. The second kappa shape index (κ2) is 7.42. The molecule has 4 heteroatoms. The molecule has 0 spiro atoms. The van der Waals surface area contributed by atoms with Crippen LogP contribution in [-0.2, 0) is 6.61 Å². The number of benzene rings is 2. The number of rotatable bonds is 6. The molecule has 0 aliphatic carbocycles. The van der Waals surface area contributed by atoms with Gasteiger partial charge in [0.15, 0.2) is 6.29 Å². The van der Waals surface area contributed by atoms with Crippen LogP contribution in [0.5, 0.6) is 11.6 Å². The van der Waals surface area contributed by atoms with Crippen molar-refractivity contribution in [2.45, 2.75) is 6.61 Å². The van der Waals surface area contributed by atoms with E-state index < -0.39 is 0 Å². The van der Waals surface area contributed by atoms with Gasteiger partial charge in [-0.05, 0) is 34.9 Å². The minimum absolute atomic E-state index is 0.326. The quantitative estimate of drug-likeness (QED) is 0.640. The molecule has 2 aromatic carbocycles. The fraction of sp³-hybridized carbons (Fsp3) is 0.100. The molecule has 0 aliphatic rings. The van der Waals surface area contributed by atoms with Gasteiger partial charge in [0.2, 0.25) is 5.88 Å². The van der Waals surface area contributed by atoms with E-state index >= 15 is 0 Å². The van der Waals surface area contributed by atoms with E-state index in [2.05, 4.69) is 4.98 Å². The fourth-order valence-electron chi connectivity index (χ4n) is 2.45. The molecule has 0 atom stereocenters. The fourth-order valence-corrected chi connectivity index (χ4v) is 2.45. The molecule has 1 aromatic heterocycles. The van der Waals surface area contributed by atoms with Crippen LogP contribution in [0.4, 0.5) is 0 Å². The van der Waals surface area contributed by atoms with Gasteiger partial charge in [-0.25, -0.2) is 4.98 Å². The highest BCUT2D eigenvalue weighted by Gasteiger charge is 2.11. The first-order chi connectivity index (χ1) is 11.8. The van der Waals surface area contributed by atoms with Crippen LogP contribution < -0.4 is 9.47 Å². The highest BCUT2D eigenvalue weighted by Crippen LogP contribution is 2.29. The summed E-state index contributed by atoms with van der Waals surface area (Å²) in [6.07, 6.45) is 2.39. The van der Waals surface area contributed by atoms with Crippen LogP contribution in [-0.4, -0.2) is 18.4 Å². The SMILES string of the molecule is COc1nccc(-c2ccc(OCc3ccccc3)cc2)c1C=O. The van der Waals surface area contributed by atoms with Crippen molar-refractivity contribution in [3.63, 3.8) is 0 Å². The Labute approximate surface area is 140 Å². The average Bonchev–Trinajstić information content (AvgIpc) is 2.67. The molecule has 0 bridgehead atoms. The smallest absolute Gasteiger partial charge is 0.224 e. The molecule has 0 unspecified atom stereocenters. The maximum absolute atomic E-state index is 11.4. The summed E-state index contributed by atoms with van der Waals surface area (Å²) >= 11 is 0. The van der Waals surface area contributed by atoms with Crippen molar-refractivity contribution in [3.8, 4) is 22.8 Å². The van der Waals surface area contributed by atoms with Crippen molar-refractivity contribution in [1.82, 2.24) is 4.98 Å². The number of carbonyl (C=O) groups is 1. The maximum Gasteiger partial charge on any atom is 0.224 e. The van der Waals surface area contributed by atoms with Crippen molar-refractivity contribution in [2.75, 3.05) is 7.11 Å². The minimum Gasteiger partial charge on any atom is -0.489 e. The number of methoxy groups -OCH3 is 1. The molecule has 0 radical (unpaired) electrons. The van der Waals surface area contributed by atoms with Crippen LogP contribution >= 0.6 is 0 Å². The van der Waals surface area contributed by atoms with E-state index in [1.807, 2.05) is 54.6 Å². The number of pyridine rings is 1. The minimum atomic E-state index is 0.326. The van der Waals surface area contributed by atoms with Crippen molar-refractivity contribution in [1.29, 1.82) is 0 Å². The van der Waals surface area contributed by atoms with Gasteiger partial charge in [0.25, 0.3) is 0 Å². The maximum atomic E-state index is 11.4. The lowest BCUT2D eigenvalue weighted by Gasteiger charge is -2.10. The number of carbonyl (C=O) groups excluding carboxylic acids is 1. The van der Waals surface area contributed by atoms with Crippen molar-refractivity contribution in [3.05, 3.63) is 78.0 Å². The first-order valence-electron chi connectivity index (χ1n) is 7.57. The summed E-state index contributed by atoms with van der Waals surface area (Å²) in [5.41, 5.74) is 3.25. The first kappa shape index (κ1) is 15.7. The van der Waals surface area contributed by atoms with E-state index in [-0.39, 0.29) is 0 Å². The normalized spacial score (nSPS) is 10.2. The number of ether oxygens (including phenoxy) is 2. The monoisotopic (exact) mass is 319 g/mol. The molecule has 0 fully saturated rings. The Hall–Kier alpha value is -3.14. The Morgan fingerprint density at radius 3 is 2.42 bits per heavy atom. The topological polar surface area (TPSA) is 48.4 Å². The van der Waals surface area contributed by atoms with Gasteiger partial charge in [0.1, 0.15) is 12.4 Å². The zero-order valence-corrected chi connectivity index (χ0v) is 13.3. The Balaban J connectivity index is 1.79. The van der Waals surface area contributed by atoms with Crippen molar-refractivity contribution in [2.24, 2.45) is 0 Å². The summed E-state index contributed by atoms with van der Waals surface area (Å²) in [5, 5.41) is 0. The van der Waals surface area contributed by atoms with Crippen molar-refractivity contribution >= 4 is 6.29 Å². The summed E-state index contributed by atoms with van der Waals surface area (Å²) < 4.78 is 10.9. The van der Waals surface area contributed by atoms with E-state index in [4.69, 9.17) is 9.47 Å². The van der Waals surface area contributed by atoms with Gasteiger partial charge in [0.05, 0.1) is 12.7 Å². The predicted octanol–water partition coefficient (Wildman–Crippen LogP) is 4.15. The second-order valence-electron chi connectivity index (χ2n) is 5.20. The number of hydrogen-bond acceptors (Lipinski definition) is 4. The van der Waals surface area contributed by atoms with Crippen LogP contribution in [0.3, 0.4) is 0 Å². The highest BCUT2D eigenvalue weighted by molar-refractivity contribution is 5.90. The Morgan fingerprint density at radius 1 is 1.00 bits per heavy atom. The lowest BCUT2D eigenvalue weighted by atomic mass is 10.0. The van der Waals surface area contributed by atoms with Crippen molar-refractivity contribution < 1.29 is 14.3 Å². The Morgan fingerprint density at radius 2 is 1.75 bits per heavy atom. The molecule has 0 amide bonds. The van der Waals surface area contributed by atoms with E-state index in [1.165, 1.54) is 7.11 Å². The van der Waals surface area contributed by atoms with Gasteiger partial charge in [-0.15, -0.1) is 0 Å². The van der Waals surface area contributed by atoms with Crippen LogP contribution in [0.25, 0.3) is 11.1 Å². The van der Waals surface area contributed by atoms with Crippen LogP contribution in [0, 0.1) is 0 Å². The number of nitrogens with zero attached hydrogens (tertiary/aromatic N) is 1. The number of aldehydes is 1. The van der Waals surface area contributed by atoms with Gasteiger partial charge in [-0.3, -0.25) is 4.79 Å². The molecule has 3 rings (SSSR count). The highest BCUT2D eigenvalue weighted by atomic mass is 16.5. The third-order valence-corrected chi connectivity index (χ3v) is 3.68. The summed E-state index contributed by atoms with van der Waals surface area (Å²) in [4.78, 5) is 15.4. The summed E-state index contributed by atoms with van der Waals surface area (Å²) in [6.45, 7) is 0.517. The molecule has 4 nitrogen and oxygen atoms in total. The van der Waals surface area contributed by atoms with Crippen LogP contribution in [0.2, 0.25) is 0 Å². The van der Waals surface area contributed by atoms with E-state index in [0.717, 1.165) is 28.7 Å². The summed E-state index contributed by atoms with van der Waals surface area (Å²) in [5.74, 6) is 1.10. The van der Waals surface area contributed by atoms with E-state index in [9.17, 15) is 4.79 Å².